The molecule has 3 aliphatic rings. The van der Waals surface area contributed by atoms with E-state index in [0.717, 1.165) is 63.1 Å². The van der Waals surface area contributed by atoms with Crippen LogP contribution in [0.3, 0.4) is 0 Å². The number of nitrogens with zero attached hydrogens (tertiary/aromatic N) is 4. The Labute approximate surface area is 228 Å². The highest BCUT2D eigenvalue weighted by molar-refractivity contribution is 6.30. The first-order chi connectivity index (χ1) is 17.7. The number of rotatable bonds is 7. The molecule has 0 bridgehead atoms. The first kappa shape index (κ1) is 28.5. The number of amides is 1. The van der Waals surface area contributed by atoms with Crippen LogP contribution in [-0.2, 0) is 11.0 Å². The van der Waals surface area contributed by atoms with Crippen LogP contribution in [0.2, 0.25) is 5.02 Å². The van der Waals surface area contributed by atoms with Gasteiger partial charge in [-0.3, -0.25) is 9.78 Å². The lowest BCUT2D eigenvalue weighted by Gasteiger charge is -2.33. The Balaban J connectivity index is 0.00000336. The molecular formula is C28H37ClF3N5O. The number of pyridine rings is 1. The van der Waals surface area contributed by atoms with Crippen molar-refractivity contribution in [3.05, 3.63) is 53.3 Å². The molecule has 3 fully saturated rings. The van der Waals surface area contributed by atoms with Crippen LogP contribution in [0.25, 0.3) is 0 Å². The van der Waals surface area contributed by atoms with Gasteiger partial charge in [-0.25, -0.2) is 0 Å². The summed E-state index contributed by atoms with van der Waals surface area (Å²) in [6, 6.07) is 10.7. The Bertz CT molecular complexity index is 1060. The van der Waals surface area contributed by atoms with Gasteiger partial charge in [-0.15, -0.1) is 0 Å². The number of fused-ring (bicyclic) bond motifs is 1. The molecule has 3 saturated heterocycles. The molecule has 0 aliphatic carbocycles. The zero-order valence-corrected chi connectivity index (χ0v) is 21.5. The largest absolute Gasteiger partial charge is 0.433 e. The van der Waals surface area contributed by atoms with Gasteiger partial charge in [-0.1, -0.05) is 19.0 Å². The third-order valence-corrected chi connectivity index (χ3v) is 8.14. The summed E-state index contributed by atoms with van der Waals surface area (Å²) < 4.78 is 38.7. The molecule has 6 nitrogen and oxygen atoms in total. The normalized spacial score (nSPS) is 22.3. The fourth-order valence-electron chi connectivity index (χ4n) is 5.93. The van der Waals surface area contributed by atoms with Crippen molar-refractivity contribution < 1.29 is 18.0 Å². The Morgan fingerprint density at radius 3 is 2.32 bits per heavy atom. The number of hydrogen-bond acceptors (Lipinski definition) is 5. The van der Waals surface area contributed by atoms with Gasteiger partial charge in [0, 0.05) is 74.3 Å². The molecule has 0 saturated carbocycles. The molecule has 4 heterocycles. The lowest BCUT2D eigenvalue weighted by atomic mass is 10.0. The van der Waals surface area contributed by atoms with Gasteiger partial charge >= 0.3 is 6.18 Å². The van der Waals surface area contributed by atoms with E-state index in [1.54, 1.807) is 6.07 Å². The number of carbonyl (C=O) groups excluding carboxylic acids is 1. The fourth-order valence-corrected chi connectivity index (χ4v) is 6.06. The van der Waals surface area contributed by atoms with E-state index in [1.165, 1.54) is 11.9 Å². The second-order valence-electron chi connectivity index (χ2n) is 10.5. The minimum Gasteiger partial charge on any atom is -0.382 e. The number of piperidine rings is 1. The number of halogens is 4. The summed E-state index contributed by atoms with van der Waals surface area (Å²) in [5.74, 6) is 1.52. The zero-order chi connectivity index (χ0) is 26.0. The lowest BCUT2D eigenvalue weighted by molar-refractivity contribution is -0.141. The maximum atomic E-state index is 12.9. The first-order valence-corrected chi connectivity index (χ1v) is 13.4. The van der Waals surface area contributed by atoms with Crippen LogP contribution in [0.1, 0.15) is 38.8 Å². The van der Waals surface area contributed by atoms with Gasteiger partial charge in [0.2, 0.25) is 5.91 Å². The van der Waals surface area contributed by atoms with Gasteiger partial charge in [0.25, 0.3) is 0 Å². The van der Waals surface area contributed by atoms with Gasteiger partial charge in [0.15, 0.2) is 0 Å². The predicted molar refractivity (Wildman–Crippen MR) is 146 cm³/mol. The summed E-state index contributed by atoms with van der Waals surface area (Å²) in [5, 5.41) is 3.94. The molecule has 1 N–H and O–H groups in total. The van der Waals surface area contributed by atoms with Crippen molar-refractivity contribution in [1.29, 1.82) is 0 Å². The van der Waals surface area contributed by atoms with Crippen LogP contribution in [0.4, 0.5) is 24.5 Å². The van der Waals surface area contributed by atoms with Gasteiger partial charge in [0.1, 0.15) is 5.69 Å². The van der Waals surface area contributed by atoms with E-state index in [0.29, 0.717) is 37.0 Å². The highest BCUT2D eigenvalue weighted by atomic mass is 35.5. The molecule has 10 heteroatoms. The van der Waals surface area contributed by atoms with Gasteiger partial charge in [-0.05, 0) is 74.0 Å². The highest BCUT2D eigenvalue weighted by Crippen LogP contribution is 2.34. The van der Waals surface area contributed by atoms with Crippen molar-refractivity contribution >= 4 is 28.9 Å². The Hall–Kier alpha value is -2.52. The Kier molecular flexibility index (Phi) is 9.08. The molecule has 1 aromatic carbocycles. The van der Waals surface area contributed by atoms with E-state index in [4.69, 9.17) is 11.6 Å². The van der Waals surface area contributed by atoms with Gasteiger partial charge in [-0.2, -0.15) is 13.2 Å². The maximum absolute atomic E-state index is 12.9. The predicted octanol–water partition coefficient (Wildman–Crippen LogP) is 5.64. The fraction of sp³-hybridized carbons (Fsp3) is 0.571. The standard InChI is InChI=1S/C27H33ClF3N5O.CH4/c28-21-3-5-24(6-4-21)36-17-19-15-34(16-20(19)18-36)11-1-2-26(37)35-12-8-22(9-13-35)33-23-7-10-32-25(14-23)27(29,30)31;/h3-7,10,14,19-20,22H,1-2,8-9,11-13,15-18H2,(H,32,33);1H4. The topological polar surface area (TPSA) is 51.7 Å². The van der Waals surface area contributed by atoms with Crippen molar-refractivity contribution in [2.24, 2.45) is 11.8 Å². The average molecular weight is 552 g/mol. The summed E-state index contributed by atoms with van der Waals surface area (Å²) in [6.45, 7) is 6.52. The summed E-state index contributed by atoms with van der Waals surface area (Å²) in [6.07, 6.45) is -0.454. The molecule has 1 aromatic heterocycles. The van der Waals surface area contributed by atoms with Crippen molar-refractivity contribution in [2.75, 3.05) is 56.0 Å². The van der Waals surface area contributed by atoms with Crippen molar-refractivity contribution in [3.8, 4) is 0 Å². The minimum atomic E-state index is -4.46. The summed E-state index contributed by atoms with van der Waals surface area (Å²) >= 11 is 6.02. The smallest absolute Gasteiger partial charge is 0.382 e. The molecular weight excluding hydrogens is 515 g/mol. The van der Waals surface area contributed by atoms with E-state index in [9.17, 15) is 18.0 Å². The molecule has 1 amide bonds. The highest BCUT2D eigenvalue weighted by Gasteiger charge is 2.39. The average Bonchev–Trinajstić information content (AvgIpc) is 3.44. The Morgan fingerprint density at radius 1 is 1.03 bits per heavy atom. The van der Waals surface area contributed by atoms with Gasteiger partial charge in [0.05, 0.1) is 0 Å². The van der Waals surface area contributed by atoms with E-state index < -0.39 is 11.9 Å². The van der Waals surface area contributed by atoms with Gasteiger partial charge < -0.3 is 20.0 Å². The van der Waals surface area contributed by atoms with Crippen LogP contribution in [0.15, 0.2) is 42.6 Å². The maximum Gasteiger partial charge on any atom is 0.433 e. The van der Waals surface area contributed by atoms with Crippen LogP contribution in [0.5, 0.6) is 0 Å². The number of nitrogens with one attached hydrogen (secondary N) is 1. The second kappa shape index (κ2) is 12.1. The van der Waals surface area contributed by atoms with E-state index >= 15 is 0 Å². The number of alkyl halides is 3. The molecule has 3 aliphatic heterocycles. The van der Waals surface area contributed by atoms with Crippen LogP contribution in [0, 0.1) is 11.8 Å². The first-order valence-electron chi connectivity index (χ1n) is 13.0. The number of likely N-dealkylation sites (tertiary alicyclic amines) is 2. The number of carbonyl (C=O) groups is 1. The quantitative estimate of drug-likeness (QED) is 0.482. The third kappa shape index (κ3) is 6.91. The van der Waals surface area contributed by atoms with E-state index in [2.05, 4.69) is 32.2 Å². The molecule has 2 atom stereocenters. The second-order valence-corrected chi connectivity index (χ2v) is 10.9. The summed E-state index contributed by atoms with van der Waals surface area (Å²) in [7, 11) is 0. The van der Waals surface area contributed by atoms with Crippen LogP contribution < -0.4 is 10.2 Å². The minimum absolute atomic E-state index is 0. The Morgan fingerprint density at radius 2 is 1.68 bits per heavy atom. The number of anilines is 2. The zero-order valence-electron chi connectivity index (χ0n) is 20.8. The molecule has 2 unspecified atom stereocenters. The van der Waals surface area contributed by atoms with Crippen molar-refractivity contribution in [2.45, 2.75) is 45.3 Å². The molecule has 208 valence electrons. The third-order valence-electron chi connectivity index (χ3n) is 7.89. The number of hydrogen-bond donors (Lipinski definition) is 1. The molecule has 0 spiro atoms. The van der Waals surface area contributed by atoms with E-state index in [-0.39, 0.29) is 19.4 Å². The summed E-state index contributed by atoms with van der Waals surface area (Å²) in [4.78, 5) is 23.0. The molecule has 5 rings (SSSR count). The van der Waals surface area contributed by atoms with Crippen LogP contribution >= 0.6 is 11.6 Å². The number of benzene rings is 1. The van der Waals surface area contributed by atoms with Crippen LogP contribution in [-0.4, -0.2) is 72.5 Å². The molecule has 0 radical (unpaired) electrons. The van der Waals surface area contributed by atoms with Crippen molar-refractivity contribution in [1.82, 2.24) is 14.8 Å². The number of aromatic nitrogens is 1. The monoisotopic (exact) mass is 551 g/mol. The summed E-state index contributed by atoms with van der Waals surface area (Å²) in [5.41, 5.74) is 0.756. The molecule has 2 aromatic rings. The van der Waals surface area contributed by atoms with Crippen molar-refractivity contribution in [3.63, 3.8) is 0 Å². The lowest BCUT2D eigenvalue weighted by Crippen LogP contribution is -2.42. The van der Waals surface area contributed by atoms with E-state index in [1.807, 2.05) is 17.0 Å². The molecule has 38 heavy (non-hydrogen) atoms. The SMILES string of the molecule is C.O=C(CCCN1CC2CN(c3ccc(Cl)cc3)CC2C1)N1CCC(Nc2ccnc(C(F)(F)F)c2)CC1.